The predicted molar refractivity (Wildman–Crippen MR) is 149 cm³/mol. The first-order valence-corrected chi connectivity index (χ1v) is 14.3. The number of unbranched alkanes of at least 4 members (excludes halogenated alkanes) is 4. The minimum absolute atomic E-state index is 0.00123. The van der Waals surface area contributed by atoms with Crippen molar-refractivity contribution in [3.8, 4) is 11.5 Å². The molecule has 2 aliphatic rings. The van der Waals surface area contributed by atoms with Crippen LogP contribution in [0.2, 0.25) is 0 Å². The van der Waals surface area contributed by atoms with Crippen molar-refractivity contribution in [2.24, 2.45) is 0 Å². The first kappa shape index (κ1) is 26.1. The molecule has 0 radical (unpaired) electrons. The number of ketones is 2. The maximum Gasteiger partial charge on any atom is 0.178 e. The Labute approximate surface area is 220 Å². The highest BCUT2D eigenvalue weighted by molar-refractivity contribution is 7.12. The predicted octanol–water partition coefficient (Wildman–Crippen LogP) is 5.93. The quantitative estimate of drug-likeness (QED) is 0.365. The lowest BCUT2D eigenvalue weighted by Gasteiger charge is -2.04. The number of thiophene rings is 2. The second kappa shape index (κ2) is 12.8. The van der Waals surface area contributed by atoms with Gasteiger partial charge >= 0.3 is 0 Å². The Kier molecular flexibility index (Phi) is 9.31. The van der Waals surface area contributed by atoms with Gasteiger partial charge in [-0.2, -0.15) is 0 Å². The van der Waals surface area contributed by atoms with Crippen LogP contribution in [0.1, 0.15) is 52.4 Å². The van der Waals surface area contributed by atoms with Crippen LogP contribution in [0.25, 0.3) is 11.1 Å². The van der Waals surface area contributed by atoms with Gasteiger partial charge in [-0.3, -0.25) is 9.59 Å². The van der Waals surface area contributed by atoms with Gasteiger partial charge in [-0.1, -0.05) is 39.5 Å². The van der Waals surface area contributed by atoms with Crippen LogP contribution in [-0.4, -0.2) is 24.8 Å². The van der Waals surface area contributed by atoms with E-state index in [1.165, 1.54) is 0 Å². The molecule has 2 aromatic heterocycles. The standard InChI is InChI=1S/C30H32O4S2/c1-3-5-7-17-33-25-19-27(21-9-13-23(31)14-10-21)35-29(25)30-26(34-18-8-6-4-2)20-28(36-30)22-11-15-24(32)16-12-22/h9-16,19-20H,3-8,17-18H2,1-2H3/b30-29-. The summed E-state index contributed by atoms with van der Waals surface area (Å²) in [5.41, 5.74) is 2.00. The molecular weight excluding hydrogens is 488 g/mol. The van der Waals surface area contributed by atoms with Gasteiger partial charge in [0.05, 0.1) is 22.3 Å². The third-order valence-electron chi connectivity index (χ3n) is 5.89. The smallest absolute Gasteiger partial charge is 0.178 e. The number of allylic oxidation sites excluding steroid dienone is 8. The SMILES string of the molecule is CCCCCOc1cc(=C2C=CC(=O)C=C2)s/c1=c1\sc(=C2C=CC(=O)C=C2)cc1OCCCCC. The summed E-state index contributed by atoms with van der Waals surface area (Å²) in [5.74, 6) is 1.70. The Hall–Kier alpha value is -2.96. The molecule has 2 aliphatic carbocycles. The van der Waals surface area contributed by atoms with Crippen LogP contribution in [-0.2, 0) is 9.59 Å². The van der Waals surface area contributed by atoms with E-state index in [1.807, 2.05) is 24.3 Å². The van der Waals surface area contributed by atoms with E-state index in [0.29, 0.717) is 13.2 Å². The van der Waals surface area contributed by atoms with Crippen molar-refractivity contribution in [3.05, 3.63) is 78.9 Å². The van der Waals surface area contributed by atoms with Crippen molar-refractivity contribution in [3.63, 3.8) is 0 Å². The summed E-state index contributed by atoms with van der Waals surface area (Å²) in [5, 5.41) is 0. The van der Waals surface area contributed by atoms with Crippen molar-refractivity contribution < 1.29 is 19.1 Å². The molecule has 0 saturated heterocycles. The Bertz CT molecular complexity index is 1300. The lowest BCUT2D eigenvalue weighted by molar-refractivity contribution is -0.111. The summed E-state index contributed by atoms with van der Waals surface area (Å²) in [7, 11) is 0. The van der Waals surface area contributed by atoms with Crippen molar-refractivity contribution in [1.82, 2.24) is 0 Å². The summed E-state index contributed by atoms with van der Waals surface area (Å²) in [6.45, 7) is 5.68. The third kappa shape index (κ3) is 6.62. The van der Waals surface area contributed by atoms with Crippen LogP contribution in [0, 0.1) is 9.06 Å². The lowest BCUT2D eigenvalue weighted by atomic mass is 10.1. The van der Waals surface area contributed by atoms with Gasteiger partial charge in [0.25, 0.3) is 0 Å². The van der Waals surface area contributed by atoms with Gasteiger partial charge in [-0.15, -0.1) is 22.7 Å². The maximum atomic E-state index is 11.6. The molecule has 0 bridgehead atoms. The van der Waals surface area contributed by atoms with Crippen molar-refractivity contribution >= 4 is 45.4 Å². The molecule has 0 aliphatic heterocycles. The average Bonchev–Trinajstić information content (AvgIpc) is 3.50. The molecule has 0 amide bonds. The minimum Gasteiger partial charge on any atom is -0.492 e. The average molecular weight is 521 g/mol. The fraction of sp³-hybridized carbons (Fsp3) is 0.333. The third-order valence-corrected chi connectivity index (χ3v) is 8.39. The van der Waals surface area contributed by atoms with Gasteiger partial charge in [0.15, 0.2) is 11.6 Å². The number of carbonyl (C=O) groups excluding carboxylic acids is 2. The molecule has 6 heteroatoms. The van der Waals surface area contributed by atoms with Crippen LogP contribution >= 0.6 is 22.7 Å². The van der Waals surface area contributed by atoms with E-state index in [1.54, 1.807) is 47.0 Å². The fourth-order valence-electron chi connectivity index (χ4n) is 3.87. The molecule has 0 saturated carbocycles. The molecule has 0 fully saturated rings. The van der Waals surface area contributed by atoms with Gasteiger partial charge in [0, 0.05) is 9.06 Å². The summed E-state index contributed by atoms with van der Waals surface area (Å²) in [6.07, 6.45) is 20.4. The van der Waals surface area contributed by atoms with E-state index in [-0.39, 0.29) is 11.6 Å². The van der Waals surface area contributed by atoms with Gasteiger partial charge < -0.3 is 9.47 Å². The van der Waals surface area contributed by atoms with Crippen LogP contribution in [0.15, 0.2) is 60.7 Å². The number of carbonyl (C=O) groups is 2. The van der Waals surface area contributed by atoms with E-state index in [4.69, 9.17) is 9.47 Å². The van der Waals surface area contributed by atoms with Crippen molar-refractivity contribution in [1.29, 1.82) is 0 Å². The van der Waals surface area contributed by atoms with Crippen LogP contribution < -0.4 is 18.5 Å². The molecule has 0 N–H and O–H groups in total. The Morgan fingerprint density at radius 3 is 1.33 bits per heavy atom. The van der Waals surface area contributed by atoms with Gasteiger partial charge in [0.1, 0.15) is 11.5 Å². The molecule has 0 spiro atoms. The molecule has 0 atom stereocenters. The molecule has 2 heterocycles. The van der Waals surface area contributed by atoms with E-state index >= 15 is 0 Å². The Balaban J connectivity index is 1.90. The van der Waals surface area contributed by atoms with Crippen molar-refractivity contribution in [2.45, 2.75) is 52.4 Å². The zero-order valence-corrected chi connectivity index (χ0v) is 22.5. The molecule has 2 aromatic rings. The van der Waals surface area contributed by atoms with Gasteiger partial charge in [-0.05, 0) is 84.7 Å². The number of ether oxygens (including phenoxy) is 2. The Morgan fingerprint density at radius 1 is 0.583 bits per heavy atom. The fourth-order valence-corrected chi connectivity index (χ4v) is 6.22. The monoisotopic (exact) mass is 520 g/mol. The van der Waals surface area contributed by atoms with Gasteiger partial charge in [-0.25, -0.2) is 0 Å². The second-order valence-electron chi connectivity index (χ2n) is 8.77. The molecule has 0 unspecified atom stereocenters. The summed E-state index contributed by atoms with van der Waals surface area (Å²) < 4.78 is 16.8. The minimum atomic E-state index is 0.00123. The summed E-state index contributed by atoms with van der Waals surface area (Å²) in [6, 6.07) is 4.16. The first-order chi connectivity index (χ1) is 17.6. The normalized spacial score (nSPS) is 15.8. The second-order valence-corrected chi connectivity index (χ2v) is 10.9. The molecule has 36 heavy (non-hydrogen) atoms. The molecule has 4 rings (SSSR count). The van der Waals surface area contributed by atoms with Gasteiger partial charge in [0.2, 0.25) is 0 Å². The van der Waals surface area contributed by atoms with E-state index in [0.717, 1.165) is 79.3 Å². The zero-order chi connectivity index (χ0) is 25.3. The number of hydrogen-bond acceptors (Lipinski definition) is 6. The largest absolute Gasteiger partial charge is 0.492 e. The molecule has 188 valence electrons. The van der Waals surface area contributed by atoms with Crippen LogP contribution in [0.5, 0.6) is 11.5 Å². The zero-order valence-electron chi connectivity index (χ0n) is 20.9. The molecule has 0 aromatic carbocycles. The topological polar surface area (TPSA) is 52.6 Å². The summed E-state index contributed by atoms with van der Waals surface area (Å²) in [4.78, 5) is 23.3. The van der Waals surface area contributed by atoms with E-state index in [2.05, 4.69) is 26.0 Å². The van der Waals surface area contributed by atoms with E-state index in [9.17, 15) is 9.59 Å². The number of hydrogen-bond donors (Lipinski definition) is 0. The first-order valence-electron chi connectivity index (χ1n) is 12.7. The van der Waals surface area contributed by atoms with E-state index < -0.39 is 0 Å². The summed E-state index contributed by atoms with van der Waals surface area (Å²) >= 11 is 3.32. The van der Waals surface area contributed by atoms with Crippen molar-refractivity contribution in [2.75, 3.05) is 13.2 Å². The highest BCUT2D eigenvalue weighted by Crippen LogP contribution is 2.26. The molecular formula is C30H32O4S2. The lowest BCUT2D eigenvalue weighted by Crippen LogP contribution is -2.01. The highest BCUT2D eigenvalue weighted by atomic mass is 32.1. The Morgan fingerprint density at radius 2 is 0.972 bits per heavy atom. The highest BCUT2D eigenvalue weighted by Gasteiger charge is 2.12. The van der Waals surface area contributed by atoms with Crippen LogP contribution in [0.3, 0.4) is 0 Å². The molecule has 4 nitrogen and oxygen atoms in total. The van der Waals surface area contributed by atoms with Crippen LogP contribution in [0.4, 0.5) is 0 Å². The maximum absolute atomic E-state index is 11.6. The number of rotatable bonds is 10.